The maximum Gasteiger partial charge on any atom is 0.416 e. The summed E-state index contributed by atoms with van der Waals surface area (Å²) in [5.41, 5.74) is -2.13. The van der Waals surface area contributed by atoms with Gasteiger partial charge in [0.05, 0.1) is 23.1 Å². The van der Waals surface area contributed by atoms with E-state index in [0.717, 1.165) is 33.6 Å². The van der Waals surface area contributed by atoms with Crippen molar-refractivity contribution in [3.05, 3.63) is 100 Å². The molecule has 0 aliphatic rings. The van der Waals surface area contributed by atoms with Gasteiger partial charge in [-0.1, -0.05) is 6.07 Å². The molecule has 0 saturated heterocycles. The van der Waals surface area contributed by atoms with Crippen LogP contribution >= 0.6 is 0 Å². The molecule has 2 heterocycles. The predicted molar refractivity (Wildman–Crippen MR) is 130 cm³/mol. The van der Waals surface area contributed by atoms with Crippen LogP contribution in [0.4, 0.5) is 32.0 Å². The van der Waals surface area contributed by atoms with Gasteiger partial charge in [-0.2, -0.15) is 32.1 Å². The van der Waals surface area contributed by atoms with E-state index in [1.54, 1.807) is 0 Å². The minimum absolute atomic E-state index is 0.0227. The Labute approximate surface area is 216 Å². The van der Waals surface area contributed by atoms with Gasteiger partial charge in [0.15, 0.2) is 11.5 Å². The van der Waals surface area contributed by atoms with Gasteiger partial charge in [-0.25, -0.2) is 13.8 Å². The quantitative estimate of drug-likeness (QED) is 0.219. The average molecular weight is 548 g/mol. The average Bonchev–Trinajstić information content (AvgIpc) is 3.31. The normalized spacial score (nSPS) is 12.1. The minimum atomic E-state index is -4.61. The summed E-state index contributed by atoms with van der Waals surface area (Å²) in [4.78, 5) is 12.7. The SMILES string of the molecule is CC(=N)/C=C(\Nc1cccc(C(F)(F)F)c1)c1nn(-c2ccc(-n3nccc3OC(F)F)cc2F)ccc1=O. The standard InChI is InChI=1S/C25H18F6N6O2/c1-14(32)11-19(34-16-4-2-3-15(12-16)25(29,30)31)23-21(38)8-10-36(35-23)20-6-5-17(13-18(20)26)37-22(7-9-33-37)39-24(27)28/h2-13,24,32,34H,1H3/b19-11-,32-14?. The summed E-state index contributed by atoms with van der Waals surface area (Å²) in [6.45, 7) is -1.74. The number of benzene rings is 2. The van der Waals surface area contributed by atoms with E-state index in [1.165, 1.54) is 55.7 Å². The minimum Gasteiger partial charge on any atom is -0.417 e. The van der Waals surface area contributed by atoms with Gasteiger partial charge in [0.2, 0.25) is 11.3 Å². The van der Waals surface area contributed by atoms with Crippen LogP contribution < -0.4 is 15.5 Å². The van der Waals surface area contributed by atoms with Gasteiger partial charge in [-0.05, 0) is 43.3 Å². The van der Waals surface area contributed by atoms with Crippen LogP contribution in [0.5, 0.6) is 5.88 Å². The molecule has 0 aliphatic heterocycles. The predicted octanol–water partition coefficient (Wildman–Crippen LogP) is 5.67. The number of hydrogen-bond acceptors (Lipinski definition) is 6. The molecule has 2 N–H and O–H groups in total. The molecule has 14 heteroatoms. The second-order valence-corrected chi connectivity index (χ2v) is 8.01. The molecule has 4 rings (SSSR count). The number of ether oxygens (including phenoxy) is 1. The van der Waals surface area contributed by atoms with Crippen LogP contribution in [0.25, 0.3) is 17.1 Å². The van der Waals surface area contributed by atoms with Gasteiger partial charge in [-0.15, -0.1) is 0 Å². The first kappa shape index (κ1) is 27.2. The van der Waals surface area contributed by atoms with E-state index in [4.69, 9.17) is 5.41 Å². The Morgan fingerprint density at radius 2 is 1.90 bits per heavy atom. The highest BCUT2D eigenvalue weighted by Crippen LogP contribution is 2.31. The third-order valence-corrected chi connectivity index (χ3v) is 5.13. The molecule has 2 aromatic carbocycles. The zero-order valence-electron chi connectivity index (χ0n) is 19.9. The third kappa shape index (κ3) is 6.34. The number of aromatic nitrogens is 4. The highest BCUT2D eigenvalue weighted by molar-refractivity contribution is 5.98. The first-order valence-electron chi connectivity index (χ1n) is 11.0. The Bertz CT molecular complexity index is 1610. The maximum absolute atomic E-state index is 15.1. The molecule has 0 spiro atoms. The molecule has 8 nitrogen and oxygen atoms in total. The van der Waals surface area contributed by atoms with Crippen LogP contribution in [0, 0.1) is 11.2 Å². The molecule has 4 aromatic rings. The summed E-state index contributed by atoms with van der Waals surface area (Å²) in [6.07, 6.45) is -1.06. The molecule has 0 saturated carbocycles. The van der Waals surface area contributed by atoms with E-state index in [1.807, 2.05) is 0 Å². The van der Waals surface area contributed by atoms with E-state index < -0.39 is 29.6 Å². The zero-order chi connectivity index (χ0) is 28.3. The Balaban J connectivity index is 1.72. The van der Waals surface area contributed by atoms with Gasteiger partial charge < -0.3 is 15.5 Å². The molecular formula is C25H18F6N6O2. The van der Waals surface area contributed by atoms with Crippen LogP contribution in [0.2, 0.25) is 0 Å². The number of nitrogens with one attached hydrogen (secondary N) is 2. The highest BCUT2D eigenvalue weighted by Gasteiger charge is 2.30. The van der Waals surface area contributed by atoms with Gasteiger partial charge in [-0.3, -0.25) is 4.79 Å². The molecule has 0 amide bonds. The van der Waals surface area contributed by atoms with Gasteiger partial charge >= 0.3 is 12.8 Å². The van der Waals surface area contributed by atoms with Crippen molar-refractivity contribution in [1.29, 1.82) is 5.41 Å². The molecule has 0 aliphatic carbocycles. The van der Waals surface area contributed by atoms with Crippen molar-refractivity contribution in [3.63, 3.8) is 0 Å². The highest BCUT2D eigenvalue weighted by atomic mass is 19.4. The first-order chi connectivity index (χ1) is 18.4. The van der Waals surface area contributed by atoms with Crippen molar-refractivity contribution >= 4 is 17.1 Å². The fourth-order valence-electron chi connectivity index (χ4n) is 3.52. The van der Waals surface area contributed by atoms with E-state index in [9.17, 15) is 26.7 Å². The second-order valence-electron chi connectivity index (χ2n) is 8.01. The lowest BCUT2D eigenvalue weighted by atomic mass is 10.1. The smallest absolute Gasteiger partial charge is 0.416 e. The number of anilines is 1. The van der Waals surface area contributed by atoms with Crippen LogP contribution in [0.15, 0.2) is 77.9 Å². The molecule has 0 radical (unpaired) electrons. The Hall–Kier alpha value is -4.88. The topological polar surface area (TPSA) is 97.8 Å². The fraction of sp³-hybridized carbons (Fsp3) is 0.120. The molecule has 39 heavy (non-hydrogen) atoms. The van der Waals surface area contributed by atoms with Crippen LogP contribution in [-0.2, 0) is 6.18 Å². The van der Waals surface area contributed by atoms with Gasteiger partial charge in [0, 0.05) is 35.8 Å². The lowest BCUT2D eigenvalue weighted by Gasteiger charge is -2.15. The monoisotopic (exact) mass is 548 g/mol. The summed E-state index contributed by atoms with van der Waals surface area (Å²) in [7, 11) is 0. The molecule has 0 atom stereocenters. The third-order valence-electron chi connectivity index (χ3n) is 5.13. The Morgan fingerprint density at radius 1 is 1.13 bits per heavy atom. The number of nitrogens with zero attached hydrogens (tertiary/aromatic N) is 4. The lowest BCUT2D eigenvalue weighted by Crippen LogP contribution is -2.19. The van der Waals surface area contributed by atoms with Crippen molar-refractivity contribution < 1.29 is 31.1 Å². The van der Waals surface area contributed by atoms with E-state index >= 15 is 4.39 Å². The van der Waals surface area contributed by atoms with Crippen molar-refractivity contribution in [2.45, 2.75) is 19.7 Å². The number of allylic oxidation sites excluding steroid dienone is 1. The molecule has 2 aromatic heterocycles. The molecule has 0 bridgehead atoms. The number of rotatable bonds is 8. The second kappa shape index (κ2) is 10.8. The number of alkyl halides is 5. The van der Waals surface area contributed by atoms with Gasteiger partial charge in [0.1, 0.15) is 5.69 Å². The Morgan fingerprint density at radius 3 is 2.56 bits per heavy atom. The summed E-state index contributed by atoms with van der Waals surface area (Å²) < 4.78 is 86.2. The largest absolute Gasteiger partial charge is 0.417 e. The summed E-state index contributed by atoms with van der Waals surface area (Å²) in [6, 6.07) is 10.0. The van der Waals surface area contributed by atoms with Crippen LogP contribution in [0.1, 0.15) is 18.2 Å². The maximum atomic E-state index is 15.1. The van der Waals surface area contributed by atoms with E-state index in [-0.39, 0.29) is 40.0 Å². The van der Waals surface area contributed by atoms with E-state index in [0.29, 0.717) is 0 Å². The van der Waals surface area contributed by atoms with E-state index in [2.05, 4.69) is 20.3 Å². The first-order valence-corrected chi connectivity index (χ1v) is 11.0. The zero-order valence-corrected chi connectivity index (χ0v) is 19.9. The summed E-state index contributed by atoms with van der Waals surface area (Å²) in [5, 5.41) is 18.5. The van der Waals surface area contributed by atoms with Crippen LogP contribution in [0.3, 0.4) is 0 Å². The molecule has 202 valence electrons. The molecule has 0 fully saturated rings. The van der Waals surface area contributed by atoms with Crippen molar-refractivity contribution in [2.75, 3.05) is 5.32 Å². The van der Waals surface area contributed by atoms with Crippen LogP contribution in [-0.4, -0.2) is 31.9 Å². The number of halogens is 6. The molecule has 0 unspecified atom stereocenters. The van der Waals surface area contributed by atoms with Crippen molar-refractivity contribution in [3.8, 4) is 17.3 Å². The summed E-state index contributed by atoms with van der Waals surface area (Å²) >= 11 is 0. The van der Waals surface area contributed by atoms with Crippen molar-refractivity contribution in [2.24, 2.45) is 0 Å². The number of hydrogen-bond donors (Lipinski definition) is 2. The fourth-order valence-corrected chi connectivity index (χ4v) is 3.52. The van der Waals surface area contributed by atoms with Crippen molar-refractivity contribution in [1.82, 2.24) is 19.6 Å². The van der Waals surface area contributed by atoms with Gasteiger partial charge in [0.25, 0.3) is 0 Å². The molecular weight excluding hydrogens is 530 g/mol. The summed E-state index contributed by atoms with van der Waals surface area (Å²) in [5.74, 6) is -1.19. The Kier molecular flexibility index (Phi) is 7.56. The lowest BCUT2D eigenvalue weighted by molar-refractivity contribution is -0.137.